The normalized spacial score (nSPS) is 11.7. The molecule has 2 N–H and O–H groups in total. The lowest BCUT2D eigenvalue weighted by Crippen LogP contribution is -2.39. The van der Waals surface area contributed by atoms with Gasteiger partial charge in [-0.1, -0.05) is 37.6 Å². The molecule has 2 rings (SSSR count). The van der Waals surface area contributed by atoms with Gasteiger partial charge in [-0.05, 0) is 24.5 Å². The van der Waals surface area contributed by atoms with E-state index in [9.17, 15) is 0 Å². The first kappa shape index (κ1) is 21.1. The molecule has 1 aromatic heterocycles. The van der Waals surface area contributed by atoms with Crippen LogP contribution in [0.4, 0.5) is 0 Å². The van der Waals surface area contributed by atoms with Crippen molar-refractivity contribution in [3.63, 3.8) is 0 Å². The van der Waals surface area contributed by atoms with Crippen molar-refractivity contribution in [1.82, 2.24) is 15.6 Å². The van der Waals surface area contributed by atoms with Crippen LogP contribution in [0.25, 0.3) is 10.9 Å². The van der Waals surface area contributed by atoms with Gasteiger partial charge in [0.1, 0.15) is 0 Å². The number of hydrogen-bond donors (Lipinski definition) is 2. The summed E-state index contributed by atoms with van der Waals surface area (Å²) in [5, 5.41) is 7.77. The van der Waals surface area contributed by atoms with Crippen molar-refractivity contribution in [2.24, 2.45) is 4.99 Å². The molecule has 148 valence electrons. The largest absolute Gasteiger partial charge is 0.379 e. The van der Waals surface area contributed by atoms with Crippen LogP contribution in [0.15, 0.2) is 41.5 Å². The van der Waals surface area contributed by atoms with Crippen LogP contribution in [0.2, 0.25) is 0 Å². The molecular weight excluding hydrogens is 340 g/mol. The Balaban J connectivity index is 1.60. The number of guanidine groups is 1. The van der Waals surface area contributed by atoms with Gasteiger partial charge in [-0.3, -0.25) is 9.98 Å². The molecule has 0 fully saturated rings. The Morgan fingerprint density at radius 1 is 1.00 bits per heavy atom. The zero-order valence-electron chi connectivity index (χ0n) is 16.5. The molecule has 6 nitrogen and oxygen atoms in total. The van der Waals surface area contributed by atoms with Crippen LogP contribution < -0.4 is 10.6 Å². The van der Waals surface area contributed by atoms with Crippen molar-refractivity contribution in [2.75, 3.05) is 46.6 Å². The maximum Gasteiger partial charge on any atom is 0.191 e. The lowest BCUT2D eigenvalue weighted by atomic mass is 10.1. The summed E-state index contributed by atoms with van der Waals surface area (Å²) in [5.74, 6) is 0.783. The van der Waals surface area contributed by atoms with Crippen LogP contribution in [-0.2, 0) is 15.9 Å². The topological polar surface area (TPSA) is 67.8 Å². The number of hydrogen-bond acceptors (Lipinski definition) is 4. The van der Waals surface area contributed by atoms with Crippen molar-refractivity contribution in [2.45, 2.75) is 26.2 Å². The van der Waals surface area contributed by atoms with E-state index in [2.05, 4.69) is 51.8 Å². The third kappa shape index (κ3) is 7.93. The van der Waals surface area contributed by atoms with Crippen molar-refractivity contribution in [1.29, 1.82) is 0 Å². The average Bonchev–Trinajstić information content (AvgIpc) is 2.71. The molecule has 0 aliphatic rings. The summed E-state index contributed by atoms with van der Waals surface area (Å²) in [5.41, 5.74) is 2.31. The first-order valence-corrected chi connectivity index (χ1v) is 9.77. The highest BCUT2D eigenvalue weighted by atomic mass is 16.5. The van der Waals surface area contributed by atoms with Crippen LogP contribution in [-0.4, -0.2) is 57.5 Å². The molecule has 0 saturated heterocycles. The predicted octanol–water partition coefficient (Wildman–Crippen LogP) is 2.78. The van der Waals surface area contributed by atoms with Gasteiger partial charge >= 0.3 is 0 Å². The van der Waals surface area contributed by atoms with Crippen molar-refractivity contribution < 1.29 is 9.47 Å². The van der Waals surface area contributed by atoms with Crippen molar-refractivity contribution in [3.05, 3.63) is 42.1 Å². The smallest absolute Gasteiger partial charge is 0.191 e. The van der Waals surface area contributed by atoms with E-state index in [0.29, 0.717) is 26.4 Å². The maximum absolute atomic E-state index is 5.55. The molecule has 0 aliphatic heterocycles. The Morgan fingerprint density at radius 3 is 2.59 bits per heavy atom. The van der Waals surface area contributed by atoms with Gasteiger partial charge < -0.3 is 20.1 Å². The third-order valence-corrected chi connectivity index (χ3v) is 4.18. The first-order valence-electron chi connectivity index (χ1n) is 9.77. The number of ether oxygens (including phenoxy) is 2. The molecule has 2 aromatic rings. The molecule has 1 heterocycles. The van der Waals surface area contributed by atoms with Gasteiger partial charge in [0.2, 0.25) is 0 Å². The minimum Gasteiger partial charge on any atom is -0.379 e. The molecule has 0 unspecified atom stereocenters. The molecule has 0 radical (unpaired) electrons. The lowest BCUT2D eigenvalue weighted by molar-refractivity contribution is 0.0487. The fourth-order valence-corrected chi connectivity index (χ4v) is 2.72. The highest BCUT2D eigenvalue weighted by molar-refractivity contribution is 5.82. The van der Waals surface area contributed by atoms with E-state index in [1.54, 1.807) is 7.05 Å². The standard InChI is InChI=1S/C21H32N4O2/c1-3-4-14-26-16-17-27-15-13-25-21(22-2)24-12-10-19-8-5-7-18-9-6-11-23-20(18)19/h5-9,11H,3-4,10,12-17H2,1-2H3,(H2,22,24,25). The van der Waals surface area contributed by atoms with E-state index < -0.39 is 0 Å². The summed E-state index contributed by atoms with van der Waals surface area (Å²) in [4.78, 5) is 8.75. The van der Waals surface area contributed by atoms with E-state index in [-0.39, 0.29) is 0 Å². The molecule has 6 heteroatoms. The molecule has 0 spiro atoms. The molecule has 0 atom stereocenters. The maximum atomic E-state index is 5.55. The summed E-state index contributed by atoms with van der Waals surface area (Å²) < 4.78 is 11.0. The van der Waals surface area contributed by atoms with E-state index in [0.717, 1.165) is 43.9 Å². The molecule has 0 saturated carbocycles. The summed E-state index contributed by atoms with van der Waals surface area (Å²) in [7, 11) is 1.78. The summed E-state index contributed by atoms with van der Waals surface area (Å²) in [6.07, 6.45) is 5.00. The number of unbranched alkanes of at least 4 members (excludes halogenated alkanes) is 1. The van der Waals surface area contributed by atoms with E-state index in [1.165, 1.54) is 10.9 Å². The highest BCUT2D eigenvalue weighted by Gasteiger charge is 2.02. The Hall–Kier alpha value is -2.18. The number of aromatic nitrogens is 1. The quantitative estimate of drug-likeness (QED) is 0.341. The molecule has 0 aliphatic carbocycles. The number of para-hydroxylation sites is 1. The number of pyridine rings is 1. The Morgan fingerprint density at radius 2 is 1.78 bits per heavy atom. The molecular formula is C21H32N4O2. The second-order valence-electron chi connectivity index (χ2n) is 6.25. The molecule has 0 bridgehead atoms. The van der Waals surface area contributed by atoms with Gasteiger partial charge in [0.25, 0.3) is 0 Å². The second-order valence-corrected chi connectivity index (χ2v) is 6.25. The number of fused-ring (bicyclic) bond motifs is 1. The number of rotatable bonds is 12. The van der Waals surface area contributed by atoms with E-state index in [1.807, 2.05) is 12.3 Å². The molecule has 0 amide bonds. The van der Waals surface area contributed by atoms with Crippen LogP contribution in [0, 0.1) is 0 Å². The van der Waals surface area contributed by atoms with Crippen molar-refractivity contribution in [3.8, 4) is 0 Å². The van der Waals surface area contributed by atoms with Gasteiger partial charge in [-0.15, -0.1) is 0 Å². The monoisotopic (exact) mass is 372 g/mol. The zero-order valence-corrected chi connectivity index (χ0v) is 16.5. The number of aliphatic imine (C=N–C) groups is 1. The minimum atomic E-state index is 0.630. The SMILES string of the molecule is CCCCOCCOCCNC(=NC)NCCc1cccc2cccnc12. The fraction of sp³-hybridized carbons (Fsp3) is 0.524. The van der Waals surface area contributed by atoms with Gasteiger partial charge in [0.15, 0.2) is 5.96 Å². The average molecular weight is 373 g/mol. The summed E-state index contributed by atoms with van der Waals surface area (Å²) in [6, 6.07) is 10.4. The van der Waals surface area contributed by atoms with Crippen LogP contribution in [0.1, 0.15) is 25.3 Å². The lowest BCUT2D eigenvalue weighted by Gasteiger charge is -2.12. The first-order chi connectivity index (χ1) is 13.3. The van der Waals surface area contributed by atoms with Gasteiger partial charge in [-0.2, -0.15) is 0 Å². The predicted molar refractivity (Wildman–Crippen MR) is 111 cm³/mol. The Labute approximate surface area is 162 Å². The fourth-order valence-electron chi connectivity index (χ4n) is 2.72. The Bertz CT molecular complexity index is 685. The van der Waals surface area contributed by atoms with Gasteiger partial charge in [-0.25, -0.2) is 0 Å². The molecule has 27 heavy (non-hydrogen) atoms. The van der Waals surface area contributed by atoms with E-state index >= 15 is 0 Å². The van der Waals surface area contributed by atoms with Gasteiger partial charge in [0, 0.05) is 38.3 Å². The van der Waals surface area contributed by atoms with Crippen molar-refractivity contribution >= 4 is 16.9 Å². The second kappa shape index (κ2) is 13.1. The van der Waals surface area contributed by atoms with Crippen LogP contribution >= 0.6 is 0 Å². The van der Waals surface area contributed by atoms with E-state index in [4.69, 9.17) is 9.47 Å². The number of nitrogens with one attached hydrogen (secondary N) is 2. The Kier molecular flexibility index (Phi) is 10.2. The van der Waals surface area contributed by atoms with Crippen LogP contribution in [0.3, 0.4) is 0 Å². The van der Waals surface area contributed by atoms with Crippen LogP contribution in [0.5, 0.6) is 0 Å². The molecule has 1 aromatic carbocycles. The number of nitrogens with zero attached hydrogens (tertiary/aromatic N) is 2. The van der Waals surface area contributed by atoms with Gasteiger partial charge in [0.05, 0.1) is 25.3 Å². The third-order valence-electron chi connectivity index (χ3n) is 4.18. The minimum absolute atomic E-state index is 0.630. The summed E-state index contributed by atoms with van der Waals surface area (Å²) >= 11 is 0. The highest BCUT2D eigenvalue weighted by Crippen LogP contribution is 2.15. The zero-order chi connectivity index (χ0) is 19.2. The summed E-state index contributed by atoms with van der Waals surface area (Å²) in [6.45, 7) is 6.40. The number of benzene rings is 1.